The van der Waals surface area contributed by atoms with Gasteiger partial charge in [0.15, 0.2) is 17.7 Å². The molecule has 1 aliphatic heterocycles. The maximum atomic E-state index is 12.0. The van der Waals surface area contributed by atoms with Crippen molar-refractivity contribution in [1.82, 2.24) is 19.5 Å². The largest absolute Gasteiger partial charge is 0.490 e. The van der Waals surface area contributed by atoms with Crippen LogP contribution in [0.2, 0.25) is 0 Å². The Morgan fingerprint density at radius 3 is 2.23 bits per heavy atom. The van der Waals surface area contributed by atoms with Gasteiger partial charge in [0, 0.05) is 0 Å². The smallest absolute Gasteiger partial charge is 0.386 e. The molecule has 1 fully saturated rings. The summed E-state index contributed by atoms with van der Waals surface area (Å²) >= 11 is 0. The molecular weight excluding hydrogens is 570 g/mol. The van der Waals surface area contributed by atoms with Crippen LogP contribution in [0.25, 0.3) is 11.2 Å². The lowest BCUT2D eigenvalue weighted by Gasteiger charge is -2.22. The molecule has 1 aliphatic rings. The molecule has 2 aromatic heterocycles. The monoisotopic (exact) mass is 587 g/mol. The number of imidazole rings is 1. The summed E-state index contributed by atoms with van der Waals surface area (Å²) in [6, 6.07) is 0. The Morgan fingerprint density at radius 2 is 1.63 bits per heavy atom. The molecule has 9 N–H and O–H groups in total. The molecule has 0 aliphatic carbocycles. The van der Waals surface area contributed by atoms with Gasteiger partial charge < -0.3 is 44.9 Å². The summed E-state index contributed by atoms with van der Waals surface area (Å²) in [5, 5.41) is 10.6. The molecule has 25 heteroatoms. The van der Waals surface area contributed by atoms with Crippen molar-refractivity contribution in [1.29, 1.82) is 0 Å². The number of hydrogen-bond donors (Lipinski definition) is 8. The lowest BCUT2D eigenvalue weighted by atomic mass is 10.1. The highest BCUT2D eigenvalue weighted by Gasteiger charge is 2.50. The van der Waals surface area contributed by atoms with Gasteiger partial charge in [0.25, 0.3) is 0 Å². The van der Waals surface area contributed by atoms with E-state index in [4.69, 9.17) is 30.0 Å². The topological polar surface area (TPSA) is 326 Å². The van der Waals surface area contributed by atoms with Gasteiger partial charge in [-0.15, -0.1) is 0 Å². The van der Waals surface area contributed by atoms with Gasteiger partial charge >= 0.3 is 31.3 Å². The predicted octanol–water partition coefficient (Wildman–Crippen LogP) is -1.51. The van der Waals surface area contributed by atoms with E-state index in [1.54, 1.807) is 0 Å². The quantitative estimate of drug-likeness (QED) is 0.146. The number of fused-ring (bicyclic) bond motifs is 1. The van der Waals surface area contributed by atoms with E-state index in [9.17, 15) is 33.2 Å². The lowest BCUT2D eigenvalue weighted by Crippen LogP contribution is -2.35. The molecule has 1 saturated heterocycles. The van der Waals surface area contributed by atoms with Crippen molar-refractivity contribution in [3.8, 4) is 0 Å². The van der Waals surface area contributed by atoms with Crippen LogP contribution in [0.15, 0.2) is 12.7 Å². The first kappa shape index (κ1) is 28.4. The summed E-state index contributed by atoms with van der Waals surface area (Å²) < 4.78 is 68.0. The molecule has 198 valence electrons. The SMILES string of the molecule is Nc1ncnc2c1ncn2[C@@H]1O[C@H](COP(=O)(O)OP(=O)(O)OP(=O)(O)O)[C@@H](OP(=O)(O)O)[C@H]1O. The second kappa shape index (κ2) is 9.92. The van der Waals surface area contributed by atoms with E-state index in [1.165, 1.54) is 0 Å². The normalized spacial score (nSPS) is 27.1. The van der Waals surface area contributed by atoms with Gasteiger partial charge in [-0.25, -0.2) is 33.2 Å². The van der Waals surface area contributed by atoms with E-state index in [2.05, 4.69) is 32.6 Å². The molecular formula is C10H17N5O16P4. The fourth-order valence-corrected chi connectivity index (χ4v) is 6.51. The van der Waals surface area contributed by atoms with Crippen LogP contribution in [-0.2, 0) is 40.7 Å². The molecule has 0 bridgehead atoms. The van der Waals surface area contributed by atoms with Gasteiger partial charge in [-0.1, -0.05) is 0 Å². The van der Waals surface area contributed by atoms with Crippen molar-refractivity contribution >= 4 is 48.3 Å². The highest BCUT2D eigenvalue weighted by Crippen LogP contribution is 2.66. The minimum Gasteiger partial charge on any atom is -0.386 e. The number of hydrogen-bond acceptors (Lipinski definition) is 14. The third kappa shape index (κ3) is 7.41. The number of aromatic nitrogens is 4. The van der Waals surface area contributed by atoms with Crippen LogP contribution in [-0.4, -0.2) is 78.9 Å². The van der Waals surface area contributed by atoms with Crippen LogP contribution in [0.5, 0.6) is 0 Å². The molecule has 6 atom stereocenters. The Kier molecular flexibility index (Phi) is 8.04. The molecule has 35 heavy (non-hydrogen) atoms. The summed E-state index contributed by atoms with van der Waals surface area (Å²) in [7, 11) is -22.4. The fraction of sp³-hybridized carbons (Fsp3) is 0.500. The van der Waals surface area contributed by atoms with Crippen molar-refractivity contribution in [3.63, 3.8) is 0 Å². The molecule has 0 amide bonds. The number of rotatable bonds is 10. The van der Waals surface area contributed by atoms with E-state index < -0.39 is 62.4 Å². The zero-order valence-corrected chi connectivity index (χ0v) is 20.2. The van der Waals surface area contributed by atoms with Gasteiger partial charge in [0.1, 0.15) is 30.2 Å². The van der Waals surface area contributed by atoms with Gasteiger partial charge in [-0.3, -0.25) is 13.6 Å². The van der Waals surface area contributed by atoms with Crippen molar-refractivity contribution in [2.75, 3.05) is 12.3 Å². The maximum absolute atomic E-state index is 12.0. The first-order valence-corrected chi connectivity index (χ1v) is 14.7. The lowest BCUT2D eigenvalue weighted by molar-refractivity contribution is -0.0501. The number of aliphatic hydroxyl groups is 1. The summed E-state index contributed by atoms with van der Waals surface area (Å²) in [6.45, 7) is -1.17. The van der Waals surface area contributed by atoms with Crippen LogP contribution < -0.4 is 5.73 Å². The molecule has 2 aromatic rings. The number of nitrogens with zero attached hydrogens (tertiary/aromatic N) is 4. The molecule has 0 aromatic carbocycles. The third-order valence-corrected chi connectivity index (χ3v) is 8.37. The minimum absolute atomic E-state index is 0.0185. The van der Waals surface area contributed by atoms with E-state index in [1.807, 2.05) is 0 Å². The zero-order valence-electron chi connectivity index (χ0n) is 16.6. The Labute approximate surface area is 193 Å². The van der Waals surface area contributed by atoms with Gasteiger partial charge in [0.05, 0.1) is 12.9 Å². The average molecular weight is 587 g/mol. The Morgan fingerprint density at radius 1 is 0.971 bits per heavy atom. The van der Waals surface area contributed by atoms with E-state index >= 15 is 0 Å². The van der Waals surface area contributed by atoms with Crippen LogP contribution in [0.1, 0.15) is 6.23 Å². The first-order valence-electron chi connectivity index (χ1n) is 8.66. The minimum atomic E-state index is -5.83. The van der Waals surface area contributed by atoms with Crippen molar-refractivity contribution in [2.24, 2.45) is 0 Å². The predicted molar refractivity (Wildman–Crippen MR) is 106 cm³/mol. The van der Waals surface area contributed by atoms with Gasteiger partial charge in [-0.05, 0) is 0 Å². The molecule has 0 spiro atoms. The first-order chi connectivity index (χ1) is 15.9. The molecule has 3 rings (SSSR count). The van der Waals surface area contributed by atoms with Crippen molar-refractivity contribution in [3.05, 3.63) is 12.7 Å². The van der Waals surface area contributed by atoms with Gasteiger partial charge in [-0.2, -0.15) is 8.62 Å². The number of phosphoric acid groups is 4. The third-order valence-electron chi connectivity index (χ3n) is 4.05. The molecule has 0 saturated carbocycles. The molecule has 21 nitrogen and oxygen atoms in total. The zero-order chi connectivity index (χ0) is 26.4. The number of phosphoric ester groups is 2. The second-order valence-electron chi connectivity index (χ2n) is 6.59. The molecule has 3 heterocycles. The van der Waals surface area contributed by atoms with Crippen molar-refractivity contribution < 1.29 is 75.1 Å². The van der Waals surface area contributed by atoms with Crippen LogP contribution >= 0.6 is 31.3 Å². The van der Waals surface area contributed by atoms with Crippen LogP contribution in [0, 0.1) is 0 Å². The number of aliphatic hydroxyl groups excluding tert-OH is 1. The number of anilines is 1. The van der Waals surface area contributed by atoms with Crippen LogP contribution in [0.3, 0.4) is 0 Å². The number of nitrogen functional groups attached to an aromatic ring is 1. The Balaban J connectivity index is 1.82. The molecule has 0 radical (unpaired) electrons. The summed E-state index contributed by atoms with van der Waals surface area (Å²) in [4.78, 5) is 65.8. The highest BCUT2D eigenvalue weighted by molar-refractivity contribution is 7.66. The molecule has 2 unspecified atom stereocenters. The summed E-state index contributed by atoms with van der Waals surface area (Å²) in [5.41, 5.74) is 5.77. The van der Waals surface area contributed by atoms with Crippen LogP contribution in [0.4, 0.5) is 5.82 Å². The Bertz CT molecular complexity index is 1270. The maximum Gasteiger partial charge on any atom is 0.490 e. The van der Waals surface area contributed by atoms with E-state index in [0.717, 1.165) is 17.2 Å². The van der Waals surface area contributed by atoms with E-state index in [-0.39, 0.29) is 17.0 Å². The number of ether oxygens (including phenoxy) is 1. The standard InChI is InChI=1S/C10H17N5O16P4/c11-8-5-9(13-2-12-8)15(3-14-5)10-6(16)7(29-32(17,18)19)4(28-10)1-27-34(23,24)31-35(25,26)30-33(20,21)22/h2-4,6-7,10,16H,1H2,(H,23,24)(H,25,26)(H2,11,12,13)(H2,17,18,19)(H2,20,21,22)/t4-,6-,7-,10-/m1/s1. The fourth-order valence-electron chi connectivity index (χ4n) is 2.90. The Hall–Kier alpha value is -1.21. The highest BCUT2D eigenvalue weighted by atomic mass is 31.3. The summed E-state index contributed by atoms with van der Waals surface area (Å²) in [5.74, 6) is -0.0477. The average Bonchev–Trinajstić information content (AvgIpc) is 3.19. The summed E-state index contributed by atoms with van der Waals surface area (Å²) in [6.07, 6.45) is -4.95. The number of nitrogens with two attached hydrogens (primary N) is 1. The van der Waals surface area contributed by atoms with E-state index in [0.29, 0.717) is 0 Å². The second-order valence-corrected chi connectivity index (χ2v) is 12.2. The van der Waals surface area contributed by atoms with Crippen molar-refractivity contribution in [2.45, 2.75) is 24.5 Å². The van der Waals surface area contributed by atoms with Gasteiger partial charge in [0.2, 0.25) is 0 Å².